The number of nitrogens with one attached hydrogen (secondary N) is 2. The van der Waals surface area contributed by atoms with Crippen LogP contribution in [0.3, 0.4) is 0 Å². The van der Waals surface area contributed by atoms with E-state index in [0.29, 0.717) is 10.4 Å². The highest BCUT2D eigenvalue weighted by Gasteiger charge is 2.23. The molecule has 0 aliphatic heterocycles. The molecule has 2 rings (SSSR count). The van der Waals surface area contributed by atoms with Gasteiger partial charge in [0.05, 0.1) is 10.4 Å². The van der Waals surface area contributed by atoms with Gasteiger partial charge in [-0.1, -0.05) is 24.3 Å². The van der Waals surface area contributed by atoms with Gasteiger partial charge in [0.15, 0.2) is 0 Å². The highest BCUT2D eigenvalue weighted by atomic mass is 32.1. The SMILES string of the molecule is CC(NC(=O)c1ccccc1C(=O)c1cccs1)C(=O)NC(C)(C)C. The second kappa shape index (κ2) is 7.61. The smallest absolute Gasteiger partial charge is 0.252 e. The van der Waals surface area contributed by atoms with Gasteiger partial charge in [0.2, 0.25) is 11.7 Å². The second-order valence-corrected chi connectivity index (χ2v) is 7.73. The van der Waals surface area contributed by atoms with Gasteiger partial charge in [-0.3, -0.25) is 14.4 Å². The molecule has 0 spiro atoms. The van der Waals surface area contributed by atoms with Crippen molar-refractivity contribution in [1.82, 2.24) is 10.6 Å². The Hall–Kier alpha value is -2.47. The van der Waals surface area contributed by atoms with E-state index in [2.05, 4.69) is 10.6 Å². The molecule has 0 fully saturated rings. The minimum atomic E-state index is -0.711. The molecule has 2 amide bonds. The maximum absolute atomic E-state index is 12.6. The summed E-state index contributed by atoms with van der Waals surface area (Å²) >= 11 is 1.33. The number of thiophene rings is 1. The molecule has 2 N–H and O–H groups in total. The zero-order valence-corrected chi connectivity index (χ0v) is 15.6. The van der Waals surface area contributed by atoms with E-state index in [0.717, 1.165) is 0 Å². The Kier molecular flexibility index (Phi) is 5.74. The first-order valence-electron chi connectivity index (χ1n) is 7.99. The first-order chi connectivity index (χ1) is 11.7. The normalized spacial score (nSPS) is 12.3. The van der Waals surface area contributed by atoms with E-state index in [1.54, 1.807) is 43.3 Å². The molecule has 0 radical (unpaired) electrons. The molecule has 0 bridgehead atoms. The average molecular weight is 358 g/mol. The van der Waals surface area contributed by atoms with E-state index >= 15 is 0 Å². The van der Waals surface area contributed by atoms with Crippen molar-refractivity contribution in [3.8, 4) is 0 Å². The summed E-state index contributed by atoms with van der Waals surface area (Å²) in [5.74, 6) is -0.924. The summed E-state index contributed by atoms with van der Waals surface area (Å²) in [6, 6.07) is 9.42. The van der Waals surface area contributed by atoms with Crippen LogP contribution in [0, 0.1) is 0 Å². The first-order valence-corrected chi connectivity index (χ1v) is 8.87. The molecule has 0 saturated heterocycles. The standard InChI is InChI=1S/C19H22N2O3S/c1-12(17(23)21-19(2,3)4)20-18(24)14-9-6-5-8-13(14)16(22)15-10-7-11-25-15/h5-12H,1-4H3,(H,20,24)(H,21,23). The molecule has 1 aromatic carbocycles. The number of hydrogen-bond donors (Lipinski definition) is 2. The molecule has 0 aliphatic carbocycles. The summed E-state index contributed by atoms with van der Waals surface area (Å²) in [5.41, 5.74) is 0.200. The van der Waals surface area contributed by atoms with E-state index in [4.69, 9.17) is 0 Å². The number of carbonyl (C=O) groups is 3. The third-order valence-electron chi connectivity index (χ3n) is 3.40. The lowest BCUT2D eigenvalue weighted by Gasteiger charge is -2.23. The Morgan fingerprint density at radius 1 is 1.00 bits per heavy atom. The number of benzene rings is 1. The van der Waals surface area contributed by atoms with E-state index in [-0.39, 0.29) is 22.8 Å². The summed E-state index contributed by atoms with van der Waals surface area (Å²) in [4.78, 5) is 37.9. The molecule has 0 saturated carbocycles. The van der Waals surface area contributed by atoms with E-state index < -0.39 is 11.9 Å². The first kappa shape index (κ1) is 18.9. The lowest BCUT2D eigenvalue weighted by Crippen LogP contribution is -2.51. The Balaban J connectivity index is 2.17. The number of carbonyl (C=O) groups excluding carboxylic acids is 3. The Morgan fingerprint density at radius 2 is 1.64 bits per heavy atom. The number of rotatable bonds is 5. The molecule has 5 nitrogen and oxygen atoms in total. The van der Waals surface area contributed by atoms with Crippen molar-refractivity contribution in [2.75, 3.05) is 0 Å². The zero-order valence-electron chi connectivity index (χ0n) is 14.8. The van der Waals surface area contributed by atoms with E-state index in [9.17, 15) is 14.4 Å². The molecule has 6 heteroatoms. The van der Waals surface area contributed by atoms with Gasteiger partial charge in [-0.15, -0.1) is 11.3 Å². The van der Waals surface area contributed by atoms with Gasteiger partial charge < -0.3 is 10.6 Å². The second-order valence-electron chi connectivity index (χ2n) is 6.79. The largest absolute Gasteiger partial charge is 0.350 e. The van der Waals surface area contributed by atoms with E-state index in [1.807, 2.05) is 26.2 Å². The van der Waals surface area contributed by atoms with Crippen LogP contribution in [-0.4, -0.2) is 29.2 Å². The molecule has 2 aromatic rings. The molecule has 1 aromatic heterocycles. The summed E-state index contributed by atoms with van der Waals surface area (Å²) in [6.45, 7) is 7.22. The van der Waals surface area contributed by atoms with Crippen LogP contribution in [0.15, 0.2) is 41.8 Å². The van der Waals surface area contributed by atoms with Crippen molar-refractivity contribution in [2.24, 2.45) is 0 Å². The molecule has 132 valence electrons. The van der Waals surface area contributed by atoms with Gasteiger partial charge >= 0.3 is 0 Å². The fourth-order valence-electron chi connectivity index (χ4n) is 2.24. The van der Waals surface area contributed by atoms with Crippen molar-refractivity contribution >= 4 is 28.9 Å². The topological polar surface area (TPSA) is 75.3 Å². The monoisotopic (exact) mass is 358 g/mol. The van der Waals surface area contributed by atoms with Gasteiger partial charge in [-0.2, -0.15) is 0 Å². The zero-order chi connectivity index (χ0) is 18.6. The lowest BCUT2D eigenvalue weighted by molar-refractivity contribution is -0.124. The summed E-state index contributed by atoms with van der Waals surface area (Å²) in [5, 5.41) is 7.29. The number of ketones is 1. The van der Waals surface area contributed by atoms with Crippen molar-refractivity contribution in [3.63, 3.8) is 0 Å². The summed E-state index contributed by atoms with van der Waals surface area (Å²) in [7, 11) is 0. The van der Waals surface area contributed by atoms with Crippen LogP contribution in [0.25, 0.3) is 0 Å². The van der Waals surface area contributed by atoms with Crippen LogP contribution in [-0.2, 0) is 4.79 Å². The molecule has 1 unspecified atom stereocenters. The highest BCUT2D eigenvalue weighted by molar-refractivity contribution is 7.12. The van der Waals surface area contributed by atoms with Gasteiger partial charge in [0, 0.05) is 11.1 Å². The van der Waals surface area contributed by atoms with Crippen LogP contribution in [0.4, 0.5) is 0 Å². The van der Waals surface area contributed by atoms with Crippen LogP contribution in [0.5, 0.6) is 0 Å². The van der Waals surface area contributed by atoms with Crippen LogP contribution >= 0.6 is 11.3 Å². The lowest BCUT2D eigenvalue weighted by atomic mass is 10.0. The van der Waals surface area contributed by atoms with Crippen molar-refractivity contribution in [1.29, 1.82) is 0 Å². The maximum Gasteiger partial charge on any atom is 0.252 e. The average Bonchev–Trinajstić information content (AvgIpc) is 3.06. The molecule has 0 aliphatic rings. The van der Waals surface area contributed by atoms with E-state index in [1.165, 1.54) is 11.3 Å². The highest BCUT2D eigenvalue weighted by Crippen LogP contribution is 2.18. The van der Waals surface area contributed by atoms with Crippen molar-refractivity contribution in [2.45, 2.75) is 39.3 Å². The molecular weight excluding hydrogens is 336 g/mol. The molecular formula is C19H22N2O3S. The van der Waals surface area contributed by atoms with Crippen molar-refractivity contribution in [3.05, 3.63) is 57.8 Å². The summed E-state index contributed by atoms with van der Waals surface area (Å²) < 4.78 is 0. The predicted octanol–water partition coefficient (Wildman–Crippen LogP) is 3.01. The molecule has 25 heavy (non-hydrogen) atoms. The van der Waals surface area contributed by atoms with Crippen molar-refractivity contribution < 1.29 is 14.4 Å². The molecule has 1 heterocycles. The van der Waals surface area contributed by atoms with Gasteiger partial charge in [0.25, 0.3) is 5.91 Å². The Morgan fingerprint density at radius 3 is 2.20 bits per heavy atom. The van der Waals surface area contributed by atoms with Gasteiger partial charge in [-0.05, 0) is 45.2 Å². The Labute approximate surface area is 151 Å². The number of amides is 2. The summed E-state index contributed by atoms with van der Waals surface area (Å²) in [6.07, 6.45) is 0. The quantitative estimate of drug-likeness (QED) is 0.807. The van der Waals surface area contributed by atoms with Crippen LogP contribution < -0.4 is 10.6 Å². The fraction of sp³-hybridized carbons (Fsp3) is 0.316. The minimum Gasteiger partial charge on any atom is -0.350 e. The predicted molar refractivity (Wildman–Crippen MR) is 99.0 cm³/mol. The Bertz CT molecular complexity index is 776. The number of hydrogen-bond acceptors (Lipinski definition) is 4. The molecule has 1 atom stereocenters. The third-order valence-corrected chi connectivity index (χ3v) is 4.27. The fourth-order valence-corrected chi connectivity index (χ4v) is 2.92. The van der Waals surface area contributed by atoms with Gasteiger partial charge in [0.1, 0.15) is 6.04 Å². The minimum absolute atomic E-state index is 0.201. The van der Waals surface area contributed by atoms with Gasteiger partial charge in [-0.25, -0.2) is 0 Å². The maximum atomic E-state index is 12.6. The van der Waals surface area contributed by atoms with Crippen LogP contribution in [0.2, 0.25) is 0 Å². The van der Waals surface area contributed by atoms with Crippen LogP contribution in [0.1, 0.15) is 53.3 Å². The third kappa shape index (κ3) is 5.00.